The number of hydrogen-bond donors (Lipinski definition) is 3. The maximum Gasteiger partial charge on any atom is 0.166 e. The van der Waals surface area contributed by atoms with Crippen LogP contribution >= 0.6 is 15.9 Å². The summed E-state index contributed by atoms with van der Waals surface area (Å²) in [6, 6.07) is 2.96. The monoisotopic (exact) mass is 274 g/mol. The Morgan fingerprint density at radius 3 is 2.87 bits per heavy atom. The topological polar surface area (TPSA) is 44.3 Å². The minimum Gasteiger partial charge on any atom is -0.505 e. The highest BCUT2D eigenvalue weighted by Gasteiger charge is 2.20. The molecule has 1 fully saturated rings. The molecule has 1 aromatic rings. The van der Waals surface area contributed by atoms with E-state index in [4.69, 9.17) is 0 Å². The molecule has 1 aromatic carbocycles. The van der Waals surface area contributed by atoms with E-state index in [9.17, 15) is 9.50 Å². The first-order valence-electron chi connectivity index (χ1n) is 4.80. The van der Waals surface area contributed by atoms with Gasteiger partial charge in [0, 0.05) is 35.7 Å². The molecule has 0 unspecified atom stereocenters. The van der Waals surface area contributed by atoms with Gasteiger partial charge in [0.2, 0.25) is 0 Å². The second kappa shape index (κ2) is 4.47. The van der Waals surface area contributed by atoms with Crippen LogP contribution in [0.3, 0.4) is 0 Å². The lowest BCUT2D eigenvalue weighted by Gasteiger charge is -2.25. The number of halogens is 2. The van der Waals surface area contributed by atoms with Crippen molar-refractivity contribution in [3.05, 3.63) is 28.0 Å². The Hall–Kier alpha value is -0.650. The number of aromatic hydroxyl groups is 1. The molecule has 1 atom stereocenters. The smallest absolute Gasteiger partial charge is 0.166 e. The van der Waals surface area contributed by atoms with Crippen LogP contribution in [0.2, 0.25) is 0 Å². The fourth-order valence-electron chi connectivity index (χ4n) is 1.72. The van der Waals surface area contributed by atoms with Crippen LogP contribution in [-0.2, 0) is 0 Å². The van der Waals surface area contributed by atoms with Gasteiger partial charge in [-0.1, -0.05) is 15.9 Å². The van der Waals surface area contributed by atoms with E-state index in [0.717, 1.165) is 13.1 Å². The minimum atomic E-state index is -0.591. The Kier molecular flexibility index (Phi) is 3.23. The summed E-state index contributed by atoms with van der Waals surface area (Å²) in [5, 5.41) is 16.0. The van der Waals surface area contributed by atoms with Gasteiger partial charge in [-0.15, -0.1) is 0 Å². The zero-order valence-corrected chi connectivity index (χ0v) is 9.64. The predicted octanol–water partition coefficient (Wildman–Crippen LogP) is 1.53. The molecule has 3 nitrogen and oxygen atoms in total. The molecule has 5 heteroatoms. The molecule has 1 heterocycles. The molecule has 1 aliphatic rings. The zero-order chi connectivity index (χ0) is 10.8. The predicted molar refractivity (Wildman–Crippen MR) is 59.4 cm³/mol. The van der Waals surface area contributed by atoms with Crippen LogP contribution in [-0.4, -0.2) is 24.7 Å². The van der Waals surface area contributed by atoms with Crippen LogP contribution < -0.4 is 10.6 Å². The molecule has 15 heavy (non-hydrogen) atoms. The van der Waals surface area contributed by atoms with Gasteiger partial charge in [0.25, 0.3) is 0 Å². The highest BCUT2D eigenvalue weighted by molar-refractivity contribution is 9.10. The number of benzene rings is 1. The number of phenolic OH excluding ortho intramolecular Hbond substituents is 1. The number of phenols is 1. The lowest BCUT2D eigenvalue weighted by atomic mass is 10.0. The molecule has 0 bridgehead atoms. The van der Waals surface area contributed by atoms with E-state index in [1.807, 2.05) is 0 Å². The van der Waals surface area contributed by atoms with Crippen molar-refractivity contribution in [1.29, 1.82) is 0 Å². The summed E-state index contributed by atoms with van der Waals surface area (Å²) < 4.78 is 13.9. The highest BCUT2D eigenvalue weighted by atomic mass is 79.9. The van der Waals surface area contributed by atoms with Crippen LogP contribution in [0.1, 0.15) is 11.6 Å². The Bertz CT molecular complexity index is 367. The third-order valence-corrected chi connectivity index (χ3v) is 2.93. The van der Waals surface area contributed by atoms with Crippen LogP contribution in [0.4, 0.5) is 4.39 Å². The second-order valence-electron chi connectivity index (χ2n) is 3.54. The molecule has 3 N–H and O–H groups in total. The van der Waals surface area contributed by atoms with Crippen LogP contribution in [0.25, 0.3) is 0 Å². The standard InChI is InChI=1S/C10H12BrFN2O/c11-6-3-7(10(15)8(12)4-6)9-5-13-1-2-14-9/h3-4,9,13-15H,1-2,5H2/t9-/m1/s1. The average Bonchev–Trinajstić information content (AvgIpc) is 2.24. The van der Waals surface area contributed by atoms with E-state index < -0.39 is 5.82 Å². The largest absolute Gasteiger partial charge is 0.505 e. The van der Waals surface area contributed by atoms with Gasteiger partial charge in [-0.2, -0.15) is 0 Å². The molecule has 0 aromatic heterocycles. The second-order valence-corrected chi connectivity index (χ2v) is 4.45. The third-order valence-electron chi connectivity index (χ3n) is 2.47. The summed E-state index contributed by atoms with van der Waals surface area (Å²) in [5.41, 5.74) is 0.592. The number of rotatable bonds is 1. The van der Waals surface area contributed by atoms with Crippen LogP contribution in [0.15, 0.2) is 16.6 Å². The molecule has 0 aliphatic carbocycles. The lowest BCUT2D eigenvalue weighted by molar-refractivity contribution is 0.387. The number of nitrogens with one attached hydrogen (secondary N) is 2. The van der Waals surface area contributed by atoms with Crippen molar-refractivity contribution < 1.29 is 9.50 Å². The quantitative estimate of drug-likeness (QED) is 0.728. The first kappa shape index (κ1) is 10.9. The summed E-state index contributed by atoms with van der Waals surface area (Å²) in [7, 11) is 0. The molecule has 0 radical (unpaired) electrons. The summed E-state index contributed by atoms with van der Waals surface area (Å²) in [6.45, 7) is 2.41. The molecular weight excluding hydrogens is 263 g/mol. The van der Waals surface area contributed by atoms with Gasteiger partial charge < -0.3 is 15.7 Å². The Morgan fingerprint density at radius 2 is 2.20 bits per heavy atom. The summed E-state index contributed by atoms with van der Waals surface area (Å²) in [5.74, 6) is -0.855. The highest BCUT2D eigenvalue weighted by Crippen LogP contribution is 2.30. The Balaban J connectivity index is 2.33. The van der Waals surface area contributed by atoms with Crippen molar-refractivity contribution in [1.82, 2.24) is 10.6 Å². The maximum atomic E-state index is 13.3. The van der Waals surface area contributed by atoms with Crippen LogP contribution in [0.5, 0.6) is 5.75 Å². The normalized spacial score (nSPS) is 21.6. The fourth-order valence-corrected chi connectivity index (χ4v) is 2.17. The van der Waals surface area contributed by atoms with E-state index in [-0.39, 0.29) is 11.8 Å². The molecular formula is C10H12BrFN2O. The van der Waals surface area contributed by atoms with Crippen molar-refractivity contribution in [3.63, 3.8) is 0 Å². The summed E-state index contributed by atoms with van der Waals surface area (Å²) in [6.07, 6.45) is 0. The van der Waals surface area contributed by atoms with Crippen molar-refractivity contribution in [2.45, 2.75) is 6.04 Å². The molecule has 0 saturated carbocycles. The Morgan fingerprint density at radius 1 is 1.40 bits per heavy atom. The van der Waals surface area contributed by atoms with Gasteiger partial charge in [0.15, 0.2) is 11.6 Å². The Labute approximate surface area is 95.8 Å². The van der Waals surface area contributed by atoms with Crippen molar-refractivity contribution >= 4 is 15.9 Å². The average molecular weight is 275 g/mol. The van der Waals surface area contributed by atoms with Crippen LogP contribution in [0, 0.1) is 5.82 Å². The molecule has 0 amide bonds. The van der Waals surface area contributed by atoms with E-state index in [1.54, 1.807) is 6.07 Å². The summed E-state index contributed by atoms with van der Waals surface area (Å²) in [4.78, 5) is 0. The van der Waals surface area contributed by atoms with E-state index in [1.165, 1.54) is 6.07 Å². The minimum absolute atomic E-state index is 0.0363. The molecule has 1 saturated heterocycles. The van der Waals surface area contributed by atoms with Gasteiger partial charge in [0.1, 0.15) is 0 Å². The number of piperazine rings is 1. The van der Waals surface area contributed by atoms with Gasteiger partial charge >= 0.3 is 0 Å². The van der Waals surface area contributed by atoms with Crippen molar-refractivity contribution in [2.24, 2.45) is 0 Å². The van der Waals surface area contributed by atoms with E-state index >= 15 is 0 Å². The first-order valence-corrected chi connectivity index (χ1v) is 5.60. The van der Waals surface area contributed by atoms with Crippen molar-refractivity contribution in [3.8, 4) is 5.75 Å². The SMILES string of the molecule is Oc1c(F)cc(Br)cc1[C@H]1CNCCN1. The third kappa shape index (κ3) is 2.30. The van der Waals surface area contributed by atoms with Gasteiger partial charge in [-0.05, 0) is 12.1 Å². The molecule has 2 rings (SSSR count). The summed E-state index contributed by atoms with van der Waals surface area (Å²) >= 11 is 3.21. The molecule has 82 valence electrons. The van der Waals surface area contributed by atoms with Gasteiger partial charge in [-0.3, -0.25) is 0 Å². The molecule has 0 spiro atoms. The zero-order valence-electron chi connectivity index (χ0n) is 8.06. The van der Waals surface area contributed by atoms with E-state index in [2.05, 4.69) is 26.6 Å². The number of hydrogen-bond acceptors (Lipinski definition) is 3. The first-order chi connectivity index (χ1) is 7.18. The molecule has 1 aliphatic heterocycles. The van der Waals surface area contributed by atoms with Gasteiger partial charge in [0.05, 0.1) is 0 Å². The fraction of sp³-hybridized carbons (Fsp3) is 0.400. The van der Waals surface area contributed by atoms with E-state index in [0.29, 0.717) is 16.6 Å². The van der Waals surface area contributed by atoms with Crippen molar-refractivity contribution in [2.75, 3.05) is 19.6 Å². The maximum absolute atomic E-state index is 13.3. The lowest BCUT2D eigenvalue weighted by Crippen LogP contribution is -2.42. The van der Waals surface area contributed by atoms with Gasteiger partial charge in [-0.25, -0.2) is 4.39 Å².